The fourth-order valence-corrected chi connectivity index (χ4v) is 0.554. The molecule has 0 heterocycles. The number of carbonyl (C=O) groups is 1. The molecule has 0 atom stereocenters. The van der Waals surface area contributed by atoms with Gasteiger partial charge in [0.15, 0.2) is 0 Å². The van der Waals surface area contributed by atoms with Crippen LogP contribution in [0.25, 0.3) is 0 Å². The standard InChI is InChI=1S/C7H14O2.Ca.2H/c1-3-5-6-7(8)9-4-2;;;/h3-6H2,1-2H3;;;. The molecule has 0 aliphatic carbocycles. The summed E-state index contributed by atoms with van der Waals surface area (Å²) in [5, 5.41) is 0. The summed E-state index contributed by atoms with van der Waals surface area (Å²) >= 11 is 0. The minimum atomic E-state index is -0.0700. The van der Waals surface area contributed by atoms with E-state index in [1.807, 2.05) is 6.92 Å². The van der Waals surface area contributed by atoms with Crippen LogP contribution in [0, 0.1) is 0 Å². The van der Waals surface area contributed by atoms with Crippen LogP contribution in [0.3, 0.4) is 0 Å². The van der Waals surface area contributed by atoms with E-state index in [-0.39, 0.29) is 43.7 Å². The first-order valence-electron chi connectivity index (χ1n) is 3.46. The average Bonchev–Trinajstić information content (AvgIpc) is 1.85. The molecule has 3 heteroatoms. The van der Waals surface area contributed by atoms with Gasteiger partial charge in [-0.1, -0.05) is 13.3 Å². The Morgan fingerprint density at radius 2 is 2.00 bits per heavy atom. The fraction of sp³-hybridized carbons (Fsp3) is 0.857. The second-order valence-electron chi connectivity index (χ2n) is 1.91. The van der Waals surface area contributed by atoms with Gasteiger partial charge in [-0.05, 0) is 13.3 Å². The van der Waals surface area contributed by atoms with Crippen LogP contribution in [0.1, 0.15) is 33.1 Å². The molecule has 0 aromatic carbocycles. The molecule has 0 aromatic heterocycles. The summed E-state index contributed by atoms with van der Waals surface area (Å²) in [6, 6.07) is 0. The van der Waals surface area contributed by atoms with Gasteiger partial charge in [0, 0.05) is 6.42 Å². The normalized spacial score (nSPS) is 8.20. The van der Waals surface area contributed by atoms with Crippen LogP contribution in [0.4, 0.5) is 0 Å². The Kier molecular flexibility index (Phi) is 13.0. The topological polar surface area (TPSA) is 26.3 Å². The van der Waals surface area contributed by atoms with E-state index in [4.69, 9.17) is 4.74 Å². The van der Waals surface area contributed by atoms with Crippen LogP contribution in [-0.4, -0.2) is 50.3 Å². The number of unbranched alkanes of at least 4 members (excludes halogenated alkanes) is 1. The molecule has 0 rings (SSSR count). The van der Waals surface area contributed by atoms with Gasteiger partial charge < -0.3 is 4.74 Å². The molecule has 2 nitrogen and oxygen atoms in total. The predicted octanol–water partition coefficient (Wildman–Crippen LogP) is 0.823. The van der Waals surface area contributed by atoms with Crippen LogP contribution in [0.5, 0.6) is 0 Å². The average molecular weight is 172 g/mol. The summed E-state index contributed by atoms with van der Waals surface area (Å²) in [6.07, 6.45) is 2.57. The van der Waals surface area contributed by atoms with Crippen molar-refractivity contribution in [2.45, 2.75) is 33.1 Å². The van der Waals surface area contributed by atoms with Crippen molar-refractivity contribution in [3.63, 3.8) is 0 Å². The van der Waals surface area contributed by atoms with E-state index in [1.54, 1.807) is 0 Å². The minimum absolute atomic E-state index is 0. The van der Waals surface area contributed by atoms with Crippen LogP contribution < -0.4 is 0 Å². The van der Waals surface area contributed by atoms with E-state index in [0.717, 1.165) is 12.8 Å². The van der Waals surface area contributed by atoms with E-state index >= 15 is 0 Å². The third-order valence-electron chi connectivity index (χ3n) is 1.04. The summed E-state index contributed by atoms with van der Waals surface area (Å²) in [5.74, 6) is -0.0700. The zero-order valence-electron chi connectivity index (χ0n) is 6.14. The second kappa shape index (κ2) is 9.73. The van der Waals surface area contributed by atoms with Crippen molar-refractivity contribution in [2.24, 2.45) is 0 Å². The van der Waals surface area contributed by atoms with Crippen LogP contribution in [0.2, 0.25) is 0 Å². The number of esters is 1. The van der Waals surface area contributed by atoms with E-state index < -0.39 is 0 Å². The van der Waals surface area contributed by atoms with Crippen LogP contribution in [-0.2, 0) is 9.53 Å². The Bertz CT molecular complexity index is 83.7. The Hall–Kier alpha value is 0.730. The van der Waals surface area contributed by atoms with Gasteiger partial charge >= 0.3 is 43.7 Å². The first-order chi connectivity index (χ1) is 4.31. The molecule has 0 aliphatic rings. The Labute approximate surface area is 92.3 Å². The van der Waals surface area contributed by atoms with Gasteiger partial charge in [0.25, 0.3) is 0 Å². The van der Waals surface area contributed by atoms with Crippen LogP contribution in [0.15, 0.2) is 0 Å². The molecule has 0 aliphatic heterocycles. The second-order valence-corrected chi connectivity index (χ2v) is 1.91. The molecule has 0 spiro atoms. The Morgan fingerprint density at radius 1 is 1.40 bits per heavy atom. The number of hydrogen-bond donors (Lipinski definition) is 0. The van der Waals surface area contributed by atoms with E-state index in [2.05, 4.69) is 6.92 Å². The molecule has 0 amide bonds. The molecule has 0 saturated carbocycles. The molecule has 10 heavy (non-hydrogen) atoms. The van der Waals surface area contributed by atoms with Crippen molar-refractivity contribution in [3.8, 4) is 0 Å². The molecule has 0 bridgehead atoms. The van der Waals surface area contributed by atoms with Gasteiger partial charge in [-0.2, -0.15) is 0 Å². The summed E-state index contributed by atoms with van der Waals surface area (Å²) < 4.78 is 4.70. The van der Waals surface area contributed by atoms with Gasteiger partial charge in [-0.25, -0.2) is 0 Å². The van der Waals surface area contributed by atoms with Crippen molar-refractivity contribution in [1.82, 2.24) is 0 Å². The molecular formula is C7H16CaO2. The molecule has 0 N–H and O–H groups in total. The van der Waals surface area contributed by atoms with Crippen molar-refractivity contribution >= 4 is 43.7 Å². The number of ether oxygens (including phenoxy) is 1. The van der Waals surface area contributed by atoms with E-state index in [1.165, 1.54) is 0 Å². The predicted molar refractivity (Wildman–Crippen MR) is 44.7 cm³/mol. The molecule has 0 fully saturated rings. The fourth-order valence-electron chi connectivity index (χ4n) is 0.554. The number of hydrogen-bond acceptors (Lipinski definition) is 2. The van der Waals surface area contributed by atoms with Gasteiger partial charge in [0.2, 0.25) is 0 Å². The third-order valence-corrected chi connectivity index (χ3v) is 1.04. The summed E-state index contributed by atoms with van der Waals surface area (Å²) in [6.45, 7) is 4.38. The third kappa shape index (κ3) is 8.73. The van der Waals surface area contributed by atoms with Crippen molar-refractivity contribution in [1.29, 1.82) is 0 Å². The van der Waals surface area contributed by atoms with Crippen molar-refractivity contribution < 1.29 is 9.53 Å². The van der Waals surface area contributed by atoms with Gasteiger partial charge in [-0.15, -0.1) is 0 Å². The Morgan fingerprint density at radius 3 is 2.40 bits per heavy atom. The summed E-state index contributed by atoms with van der Waals surface area (Å²) in [7, 11) is 0. The summed E-state index contributed by atoms with van der Waals surface area (Å²) in [4.78, 5) is 10.6. The zero-order chi connectivity index (χ0) is 7.11. The summed E-state index contributed by atoms with van der Waals surface area (Å²) in [5.41, 5.74) is 0. The molecule has 0 aromatic rings. The Balaban J connectivity index is 0. The number of rotatable bonds is 4. The molecular weight excluding hydrogens is 156 g/mol. The zero-order valence-corrected chi connectivity index (χ0v) is 6.14. The molecule has 0 saturated heterocycles. The van der Waals surface area contributed by atoms with E-state index in [0.29, 0.717) is 13.0 Å². The molecule has 0 radical (unpaired) electrons. The first-order valence-corrected chi connectivity index (χ1v) is 3.46. The quantitative estimate of drug-likeness (QED) is 0.463. The van der Waals surface area contributed by atoms with Gasteiger partial charge in [0.1, 0.15) is 0 Å². The van der Waals surface area contributed by atoms with Crippen molar-refractivity contribution in [3.05, 3.63) is 0 Å². The maximum atomic E-state index is 10.6. The van der Waals surface area contributed by atoms with Crippen LogP contribution >= 0.6 is 0 Å². The maximum absolute atomic E-state index is 10.6. The monoisotopic (exact) mass is 172 g/mol. The number of carbonyl (C=O) groups excluding carboxylic acids is 1. The molecule has 0 unspecified atom stereocenters. The molecule has 58 valence electrons. The van der Waals surface area contributed by atoms with Gasteiger partial charge in [-0.3, -0.25) is 4.79 Å². The van der Waals surface area contributed by atoms with E-state index in [9.17, 15) is 4.79 Å². The SMILES string of the molecule is CCCCC(=O)OCC.[CaH2]. The van der Waals surface area contributed by atoms with Crippen molar-refractivity contribution in [2.75, 3.05) is 6.61 Å². The van der Waals surface area contributed by atoms with Gasteiger partial charge in [0.05, 0.1) is 6.61 Å². The first kappa shape index (κ1) is 13.3.